The molecule has 0 aromatic carbocycles. The molecule has 0 saturated carbocycles. The maximum atomic E-state index is 2.35. The summed E-state index contributed by atoms with van der Waals surface area (Å²) in [5, 5.41) is 2.33. The van der Waals surface area contributed by atoms with Crippen molar-refractivity contribution in [2.24, 2.45) is 0 Å². The van der Waals surface area contributed by atoms with Crippen molar-refractivity contribution in [3.8, 4) is 0 Å². The molecule has 1 heterocycles. The molecule has 0 radical (unpaired) electrons. The molecule has 0 fully saturated rings. The standard InChI is InChI=1S/C18H32S/c1-3-4-5-6-7-8-9-10-11-12-13-14-18-15-17(2)19-16-18/h15-16H,3-14H2,1-2H3. The first kappa shape index (κ1) is 16.8. The highest BCUT2D eigenvalue weighted by atomic mass is 32.1. The summed E-state index contributed by atoms with van der Waals surface area (Å²) in [6.07, 6.45) is 17.1. The van der Waals surface area contributed by atoms with E-state index in [1.807, 2.05) is 11.3 Å². The molecule has 0 unspecified atom stereocenters. The van der Waals surface area contributed by atoms with Crippen LogP contribution in [0.15, 0.2) is 11.4 Å². The van der Waals surface area contributed by atoms with Crippen molar-refractivity contribution in [2.45, 2.75) is 90.9 Å². The highest BCUT2D eigenvalue weighted by Crippen LogP contribution is 2.16. The van der Waals surface area contributed by atoms with E-state index in [1.54, 1.807) is 5.56 Å². The summed E-state index contributed by atoms with van der Waals surface area (Å²) in [7, 11) is 0. The van der Waals surface area contributed by atoms with Gasteiger partial charge in [-0.3, -0.25) is 0 Å². The van der Waals surface area contributed by atoms with Crippen LogP contribution in [0, 0.1) is 6.92 Å². The molecule has 0 aliphatic rings. The van der Waals surface area contributed by atoms with Gasteiger partial charge in [-0.2, -0.15) is 0 Å². The van der Waals surface area contributed by atoms with Crippen LogP contribution in [0.25, 0.3) is 0 Å². The Hall–Kier alpha value is -0.300. The van der Waals surface area contributed by atoms with Crippen molar-refractivity contribution in [3.63, 3.8) is 0 Å². The van der Waals surface area contributed by atoms with E-state index < -0.39 is 0 Å². The van der Waals surface area contributed by atoms with Gasteiger partial charge >= 0.3 is 0 Å². The molecule has 1 aromatic heterocycles. The van der Waals surface area contributed by atoms with Crippen LogP contribution in [-0.2, 0) is 6.42 Å². The van der Waals surface area contributed by atoms with Crippen LogP contribution in [-0.4, -0.2) is 0 Å². The second kappa shape index (κ2) is 11.5. The molecule has 0 nitrogen and oxygen atoms in total. The van der Waals surface area contributed by atoms with Crippen LogP contribution in [0.4, 0.5) is 0 Å². The molecular weight excluding hydrogens is 248 g/mol. The van der Waals surface area contributed by atoms with Gasteiger partial charge in [-0.15, -0.1) is 11.3 Å². The van der Waals surface area contributed by atoms with Gasteiger partial charge in [0.1, 0.15) is 0 Å². The average Bonchev–Trinajstić information content (AvgIpc) is 2.82. The quantitative estimate of drug-likeness (QED) is 0.365. The summed E-state index contributed by atoms with van der Waals surface area (Å²) in [5.74, 6) is 0. The maximum absolute atomic E-state index is 2.35. The SMILES string of the molecule is CCCCCCCCCCCCCc1csc(C)c1. The van der Waals surface area contributed by atoms with Crippen molar-refractivity contribution in [2.75, 3.05) is 0 Å². The minimum Gasteiger partial charge on any atom is -0.149 e. The zero-order valence-corrected chi connectivity index (χ0v) is 13.9. The lowest BCUT2D eigenvalue weighted by molar-refractivity contribution is 0.549. The summed E-state index contributed by atoms with van der Waals surface area (Å²) < 4.78 is 0. The number of unbranched alkanes of at least 4 members (excludes halogenated alkanes) is 10. The van der Waals surface area contributed by atoms with Crippen LogP contribution in [0.3, 0.4) is 0 Å². The van der Waals surface area contributed by atoms with Gasteiger partial charge in [-0.05, 0) is 36.8 Å². The molecule has 0 atom stereocenters. The minimum atomic E-state index is 1.29. The Morgan fingerprint density at radius 2 is 1.32 bits per heavy atom. The number of rotatable bonds is 12. The number of aryl methyl sites for hydroxylation is 2. The molecule has 1 rings (SSSR count). The third kappa shape index (κ3) is 9.27. The monoisotopic (exact) mass is 280 g/mol. The van der Waals surface area contributed by atoms with Crippen LogP contribution in [0.2, 0.25) is 0 Å². The third-order valence-corrected chi connectivity index (χ3v) is 4.76. The maximum Gasteiger partial charge on any atom is 0.00170 e. The topological polar surface area (TPSA) is 0 Å². The van der Waals surface area contributed by atoms with E-state index in [2.05, 4.69) is 25.3 Å². The molecule has 0 aliphatic carbocycles. The lowest BCUT2D eigenvalue weighted by Crippen LogP contribution is -1.84. The van der Waals surface area contributed by atoms with E-state index >= 15 is 0 Å². The predicted molar refractivity (Wildman–Crippen MR) is 89.2 cm³/mol. The Balaban J connectivity index is 1.79. The van der Waals surface area contributed by atoms with Gasteiger partial charge in [0.05, 0.1) is 0 Å². The van der Waals surface area contributed by atoms with E-state index in [0.29, 0.717) is 0 Å². The Morgan fingerprint density at radius 1 is 0.789 bits per heavy atom. The normalized spacial score (nSPS) is 11.1. The van der Waals surface area contributed by atoms with Crippen LogP contribution in [0.1, 0.15) is 88.0 Å². The summed E-state index contributed by atoms with van der Waals surface area (Å²) in [6.45, 7) is 4.49. The molecular formula is C18H32S. The average molecular weight is 281 g/mol. The van der Waals surface area contributed by atoms with Crippen molar-refractivity contribution in [1.29, 1.82) is 0 Å². The van der Waals surface area contributed by atoms with E-state index in [-0.39, 0.29) is 0 Å². The number of thiophene rings is 1. The molecule has 0 saturated heterocycles. The first-order valence-corrected chi connectivity index (χ1v) is 9.25. The summed E-state index contributed by atoms with van der Waals surface area (Å²) >= 11 is 1.89. The molecule has 0 spiro atoms. The fraction of sp³-hybridized carbons (Fsp3) is 0.778. The number of hydrogen-bond acceptors (Lipinski definition) is 1. The van der Waals surface area contributed by atoms with Gasteiger partial charge in [0.25, 0.3) is 0 Å². The Bertz CT molecular complexity index is 300. The lowest BCUT2D eigenvalue weighted by atomic mass is 10.0. The van der Waals surface area contributed by atoms with E-state index in [1.165, 1.54) is 81.9 Å². The van der Waals surface area contributed by atoms with E-state index in [0.717, 1.165) is 0 Å². The first-order valence-electron chi connectivity index (χ1n) is 8.37. The molecule has 19 heavy (non-hydrogen) atoms. The van der Waals surface area contributed by atoms with Gasteiger partial charge in [0.15, 0.2) is 0 Å². The van der Waals surface area contributed by atoms with Gasteiger partial charge in [-0.1, -0.05) is 71.1 Å². The molecule has 110 valence electrons. The lowest BCUT2D eigenvalue weighted by Gasteiger charge is -2.02. The van der Waals surface area contributed by atoms with Gasteiger partial charge in [0, 0.05) is 4.88 Å². The van der Waals surface area contributed by atoms with Crippen molar-refractivity contribution >= 4 is 11.3 Å². The van der Waals surface area contributed by atoms with Crippen LogP contribution in [0.5, 0.6) is 0 Å². The summed E-state index contributed by atoms with van der Waals surface area (Å²) in [6, 6.07) is 2.35. The van der Waals surface area contributed by atoms with Crippen molar-refractivity contribution < 1.29 is 0 Å². The van der Waals surface area contributed by atoms with Gasteiger partial charge < -0.3 is 0 Å². The van der Waals surface area contributed by atoms with Crippen LogP contribution < -0.4 is 0 Å². The highest BCUT2D eigenvalue weighted by Gasteiger charge is 1.97. The molecule has 1 aromatic rings. The fourth-order valence-electron chi connectivity index (χ4n) is 2.62. The number of hydrogen-bond donors (Lipinski definition) is 0. The zero-order chi connectivity index (χ0) is 13.8. The molecule has 1 heteroatoms. The largest absolute Gasteiger partial charge is 0.149 e. The van der Waals surface area contributed by atoms with Crippen molar-refractivity contribution in [1.82, 2.24) is 0 Å². The first-order chi connectivity index (χ1) is 9.33. The molecule has 0 aliphatic heterocycles. The summed E-state index contributed by atoms with van der Waals surface area (Å²) in [5.41, 5.74) is 1.55. The van der Waals surface area contributed by atoms with E-state index in [9.17, 15) is 0 Å². The van der Waals surface area contributed by atoms with Gasteiger partial charge in [-0.25, -0.2) is 0 Å². The highest BCUT2D eigenvalue weighted by molar-refractivity contribution is 7.10. The Kier molecular flexibility index (Phi) is 10.2. The minimum absolute atomic E-state index is 1.29. The smallest absolute Gasteiger partial charge is 0.00170 e. The fourth-order valence-corrected chi connectivity index (χ4v) is 3.36. The van der Waals surface area contributed by atoms with Crippen molar-refractivity contribution in [3.05, 3.63) is 21.9 Å². The third-order valence-electron chi connectivity index (χ3n) is 3.85. The Morgan fingerprint density at radius 3 is 1.79 bits per heavy atom. The second-order valence-corrected chi connectivity index (χ2v) is 6.97. The van der Waals surface area contributed by atoms with Gasteiger partial charge in [0.2, 0.25) is 0 Å². The molecule has 0 bridgehead atoms. The predicted octanol–water partition coefficient (Wildman–Crippen LogP) is 6.91. The molecule has 0 amide bonds. The van der Waals surface area contributed by atoms with Crippen LogP contribution >= 0.6 is 11.3 Å². The zero-order valence-electron chi connectivity index (χ0n) is 13.0. The molecule has 0 N–H and O–H groups in total. The summed E-state index contributed by atoms with van der Waals surface area (Å²) in [4.78, 5) is 1.46. The Labute approximate surface area is 124 Å². The second-order valence-electron chi connectivity index (χ2n) is 5.85. The van der Waals surface area contributed by atoms with E-state index in [4.69, 9.17) is 0 Å².